The van der Waals surface area contributed by atoms with Crippen LogP contribution in [0.15, 0.2) is 21.7 Å². The topological polar surface area (TPSA) is 145 Å². The van der Waals surface area contributed by atoms with Gasteiger partial charge in [-0.1, -0.05) is 0 Å². The first-order chi connectivity index (χ1) is 17.5. The number of aromatic amines is 1. The number of fused-ring (bicyclic) bond motifs is 2. The van der Waals surface area contributed by atoms with Crippen molar-refractivity contribution in [3.63, 3.8) is 0 Å². The molecule has 206 valence electrons. The van der Waals surface area contributed by atoms with E-state index in [-0.39, 0.29) is 37.4 Å². The average molecular weight is 528 g/mol. The fourth-order valence-corrected chi connectivity index (χ4v) is 3.96. The maximum atomic E-state index is 12.9. The zero-order valence-electron chi connectivity index (χ0n) is 23.4. The highest BCUT2D eigenvalue weighted by atomic mass is 16.6. The molecule has 3 rings (SSSR count). The second kappa shape index (κ2) is 11.0. The van der Waals surface area contributed by atoms with Crippen LogP contribution in [0.1, 0.15) is 65.5 Å². The minimum atomic E-state index is -0.780. The maximum absolute atomic E-state index is 12.9. The van der Waals surface area contributed by atoms with E-state index in [0.717, 1.165) is 11.1 Å². The number of nitrogens with zero attached hydrogens (tertiary/aromatic N) is 3. The highest BCUT2D eigenvalue weighted by Crippen LogP contribution is 2.23. The van der Waals surface area contributed by atoms with Crippen LogP contribution < -0.4 is 16.6 Å². The van der Waals surface area contributed by atoms with Gasteiger partial charge in [0.25, 0.3) is 5.56 Å². The van der Waals surface area contributed by atoms with E-state index in [9.17, 15) is 19.2 Å². The van der Waals surface area contributed by atoms with Crippen LogP contribution in [0.4, 0.5) is 0 Å². The van der Waals surface area contributed by atoms with Gasteiger partial charge in [0.05, 0.1) is 11.0 Å². The lowest BCUT2D eigenvalue weighted by molar-refractivity contribution is -0.158. The van der Waals surface area contributed by atoms with Crippen molar-refractivity contribution in [1.82, 2.24) is 24.8 Å². The molecular weight excluding hydrogens is 490 g/mol. The van der Waals surface area contributed by atoms with Crippen LogP contribution in [0, 0.1) is 13.8 Å². The molecule has 0 bridgehead atoms. The van der Waals surface area contributed by atoms with Crippen molar-refractivity contribution >= 4 is 23.0 Å². The molecule has 38 heavy (non-hydrogen) atoms. The standard InChI is InChI=1S/C27H37N5O6/c1-15-13-18-19(14-16(15)2)32(22-21(29-18)23(34)31-25(36)30-22)12-11-28-17(24(35)38-27(6,7)8)9-10-20(33)37-26(3,4)5/h13-14,17,28H,9-12H2,1-8H3,(H,31,34,36)/t17-/m1/s1. The number of aryl methyl sites for hydroxylation is 2. The number of hydrogen-bond donors (Lipinski definition) is 2. The van der Waals surface area contributed by atoms with Gasteiger partial charge in [-0.25, -0.2) is 9.78 Å². The summed E-state index contributed by atoms with van der Waals surface area (Å²) < 4.78 is 12.7. The largest absolute Gasteiger partial charge is 0.460 e. The molecule has 1 aromatic rings. The predicted octanol–water partition coefficient (Wildman–Crippen LogP) is 2.62. The van der Waals surface area contributed by atoms with Gasteiger partial charge in [-0.3, -0.25) is 19.4 Å². The minimum absolute atomic E-state index is 0.0252. The fraction of sp³-hybridized carbons (Fsp3) is 0.556. The van der Waals surface area contributed by atoms with E-state index in [2.05, 4.69) is 20.3 Å². The number of benzene rings is 1. The number of nitrogens with one attached hydrogen (secondary N) is 2. The van der Waals surface area contributed by atoms with Crippen molar-refractivity contribution < 1.29 is 19.1 Å². The van der Waals surface area contributed by atoms with Crippen LogP contribution in [0.5, 0.6) is 0 Å². The highest BCUT2D eigenvalue weighted by Gasteiger charge is 2.27. The fourth-order valence-electron chi connectivity index (χ4n) is 3.96. The Labute approximate surface area is 221 Å². The van der Waals surface area contributed by atoms with Crippen molar-refractivity contribution in [3.8, 4) is 11.5 Å². The van der Waals surface area contributed by atoms with E-state index in [4.69, 9.17) is 9.47 Å². The van der Waals surface area contributed by atoms with Crippen molar-refractivity contribution in [2.75, 3.05) is 6.54 Å². The second-order valence-electron chi connectivity index (χ2n) is 11.4. The summed E-state index contributed by atoms with van der Waals surface area (Å²) in [5.74, 6) is -0.747. The summed E-state index contributed by atoms with van der Waals surface area (Å²) in [6, 6.07) is 3.03. The molecule has 0 fully saturated rings. The van der Waals surface area contributed by atoms with Gasteiger partial charge in [-0.05, 0) is 85.1 Å². The molecule has 0 saturated carbocycles. The first-order valence-electron chi connectivity index (χ1n) is 12.6. The third-order valence-corrected chi connectivity index (χ3v) is 5.70. The number of rotatable bonds is 8. The molecule has 0 aliphatic carbocycles. The summed E-state index contributed by atoms with van der Waals surface area (Å²) in [6.45, 7) is 15.1. The van der Waals surface area contributed by atoms with Gasteiger partial charge in [0.1, 0.15) is 17.2 Å². The Morgan fingerprint density at radius 2 is 1.63 bits per heavy atom. The van der Waals surface area contributed by atoms with Crippen molar-refractivity contribution in [2.24, 2.45) is 0 Å². The van der Waals surface area contributed by atoms with E-state index in [0.29, 0.717) is 11.0 Å². The zero-order valence-corrected chi connectivity index (χ0v) is 23.4. The summed E-state index contributed by atoms with van der Waals surface area (Å²) >= 11 is 0. The normalized spacial score (nSPS) is 13.1. The summed E-state index contributed by atoms with van der Waals surface area (Å²) in [5, 5.41) is 3.18. The number of H-pyrrole nitrogens is 1. The number of esters is 2. The third-order valence-electron chi connectivity index (χ3n) is 5.70. The molecule has 2 N–H and O–H groups in total. The van der Waals surface area contributed by atoms with Crippen molar-refractivity contribution in [1.29, 1.82) is 0 Å². The lowest BCUT2D eigenvalue weighted by Gasteiger charge is -2.25. The van der Waals surface area contributed by atoms with Crippen LogP contribution in [-0.2, 0) is 25.6 Å². The van der Waals surface area contributed by atoms with Crippen LogP contribution in [0.2, 0.25) is 0 Å². The van der Waals surface area contributed by atoms with Crippen molar-refractivity contribution in [3.05, 3.63) is 44.1 Å². The Morgan fingerprint density at radius 3 is 2.26 bits per heavy atom. The average Bonchev–Trinajstić information content (AvgIpc) is 2.74. The zero-order chi connectivity index (χ0) is 28.4. The monoisotopic (exact) mass is 527 g/mol. The van der Waals surface area contributed by atoms with Gasteiger partial charge in [-0.15, -0.1) is 0 Å². The van der Waals surface area contributed by atoms with E-state index in [1.54, 1.807) is 46.1 Å². The number of carbonyl (C=O) groups excluding carboxylic acids is 2. The molecule has 0 spiro atoms. The molecule has 1 aromatic carbocycles. The van der Waals surface area contributed by atoms with E-state index in [1.807, 2.05) is 26.0 Å². The molecule has 2 aliphatic heterocycles. The number of carbonyl (C=O) groups is 2. The van der Waals surface area contributed by atoms with Crippen LogP contribution >= 0.6 is 0 Å². The van der Waals surface area contributed by atoms with E-state index >= 15 is 0 Å². The smallest absolute Gasteiger partial charge is 0.349 e. The quantitative estimate of drug-likeness (QED) is 0.333. The van der Waals surface area contributed by atoms with Gasteiger partial charge in [0.2, 0.25) is 0 Å². The molecule has 11 heteroatoms. The maximum Gasteiger partial charge on any atom is 0.349 e. The Morgan fingerprint density at radius 1 is 1.00 bits per heavy atom. The lowest BCUT2D eigenvalue weighted by Crippen LogP contribution is -2.43. The van der Waals surface area contributed by atoms with Gasteiger partial charge >= 0.3 is 17.6 Å². The molecule has 0 aromatic heterocycles. The molecule has 11 nitrogen and oxygen atoms in total. The minimum Gasteiger partial charge on any atom is -0.460 e. The van der Waals surface area contributed by atoms with Gasteiger partial charge in [0, 0.05) is 19.5 Å². The second-order valence-corrected chi connectivity index (χ2v) is 11.4. The summed E-state index contributed by atoms with van der Waals surface area (Å²) in [7, 11) is 0. The lowest BCUT2D eigenvalue weighted by atomic mass is 10.1. The summed E-state index contributed by atoms with van der Waals surface area (Å²) in [6.07, 6.45) is 0.199. The molecule has 0 unspecified atom stereocenters. The van der Waals surface area contributed by atoms with Crippen LogP contribution in [0.25, 0.3) is 22.6 Å². The Balaban J connectivity index is 1.90. The number of hydrogen-bond acceptors (Lipinski definition) is 9. The Hall–Kier alpha value is -3.60. The van der Waals surface area contributed by atoms with E-state index < -0.39 is 40.4 Å². The number of aromatic nitrogens is 4. The molecule has 0 saturated heterocycles. The molecule has 2 heterocycles. The number of ether oxygens (including phenoxy) is 2. The molecular formula is C27H37N5O6. The van der Waals surface area contributed by atoms with Crippen molar-refractivity contribution in [2.45, 2.75) is 92.0 Å². The van der Waals surface area contributed by atoms with Gasteiger partial charge in [0.15, 0.2) is 11.5 Å². The molecule has 0 radical (unpaired) electrons. The first-order valence-corrected chi connectivity index (χ1v) is 12.6. The Kier molecular flexibility index (Phi) is 8.40. The SMILES string of the molecule is Cc1cc2nc3c(=O)[nH]c(=O)nc-3n(CCN[C@H](CCC(=O)OC(C)(C)C)C(=O)OC(C)(C)C)c2cc1C. The first kappa shape index (κ1) is 29.0. The molecule has 1 atom stereocenters. The van der Waals surface area contributed by atoms with E-state index in [1.165, 1.54) is 0 Å². The van der Waals surface area contributed by atoms with Crippen LogP contribution in [0.3, 0.4) is 0 Å². The van der Waals surface area contributed by atoms with Gasteiger partial charge < -0.3 is 19.4 Å². The molecule has 0 amide bonds. The van der Waals surface area contributed by atoms with Crippen LogP contribution in [-0.4, -0.2) is 55.2 Å². The summed E-state index contributed by atoms with van der Waals surface area (Å²) in [4.78, 5) is 60.4. The highest BCUT2D eigenvalue weighted by molar-refractivity contribution is 5.81. The third kappa shape index (κ3) is 7.47. The predicted molar refractivity (Wildman–Crippen MR) is 143 cm³/mol. The summed E-state index contributed by atoms with van der Waals surface area (Å²) in [5.41, 5.74) is 0.622. The van der Waals surface area contributed by atoms with Gasteiger partial charge in [-0.2, -0.15) is 4.98 Å². The molecule has 2 aliphatic rings. The Bertz CT molecular complexity index is 1430.